The lowest BCUT2D eigenvalue weighted by molar-refractivity contribution is 0.279. The molecule has 2 heterocycles. The van der Waals surface area contributed by atoms with Crippen LogP contribution >= 0.6 is 11.6 Å². The van der Waals surface area contributed by atoms with E-state index in [0.29, 0.717) is 23.5 Å². The van der Waals surface area contributed by atoms with Crippen molar-refractivity contribution >= 4 is 22.5 Å². The van der Waals surface area contributed by atoms with Crippen LogP contribution in [0.25, 0.3) is 5.70 Å². The number of pyridine rings is 1. The molecule has 1 saturated heterocycles. The van der Waals surface area contributed by atoms with E-state index in [1.54, 1.807) is 19.4 Å². The lowest BCUT2D eigenvalue weighted by Gasteiger charge is -2.26. The van der Waals surface area contributed by atoms with Crippen LogP contribution in [0.1, 0.15) is 45.1 Å². The summed E-state index contributed by atoms with van der Waals surface area (Å²) in [4.78, 5) is 10.8. The van der Waals surface area contributed by atoms with E-state index in [1.165, 1.54) is 25.7 Å². The molecule has 6 heteroatoms. The fourth-order valence-corrected chi connectivity index (χ4v) is 3.58. The predicted octanol–water partition coefficient (Wildman–Crippen LogP) is 3.51. The summed E-state index contributed by atoms with van der Waals surface area (Å²) in [5, 5.41) is 4.21. The molecule has 0 aromatic carbocycles. The van der Waals surface area contributed by atoms with Crippen molar-refractivity contribution in [3.63, 3.8) is 0 Å². The molecule has 3 N–H and O–H groups in total. The van der Waals surface area contributed by atoms with Crippen molar-refractivity contribution in [2.45, 2.75) is 45.6 Å². The van der Waals surface area contributed by atoms with E-state index >= 15 is 0 Å². The first kappa shape index (κ1) is 21.9. The number of nitrogens with one attached hydrogen (secondary N) is 1. The highest BCUT2D eigenvalue weighted by atomic mass is 35.5. The van der Waals surface area contributed by atoms with Gasteiger partial charge in [-0.2, -0.15) is 0 Å². The minimum absolute atomic E-state index is 0.477. The van der Waals surface area contributed by atoms with Gasteiger partial charge in [0.15, 0.2) is 0 Å². The molecule has 1 fully saturated rings. The summed E-state index contributed by atoms with van der Waals surface area (Å²) in [5.41, 5.74) is 8.88. The van der Waals surface area contributed by atoms with Gasteiger partial charge in [0.05, 0.1) is 0 Å². The van der Waals surface area contributed by atoms with Crippen LogP contribution in [0.3, 0.4) is 0 Å². The molecular weight excluding hydrogens is 358 g/mol. The Balaban J connectivity index is 2.11. The van der Waals surface area contributed by atoms with Gasteiger partial charge >= 0.3 is 0 Å². The maximum atomic E-state index is 6.45. The van der Waals surface area contributed by atoms with Gasteiger partial charge in [-0.1, -0.05) is 31.9 Å². The standard InChI is InChI=1S/C21H34ClN5/c1-16(2)9-11-26-18-8-4-5-12-27(14-18)15-19(21(22)24-3)20(23)17-7-6-10-25-13-17/h6-7,10,13,16,18,26H,4-5,8-9,11-12,14-15,23H2,1-3H3/b20-19-,24-21?. The molecule has 0 bridgehead atoms. The van der Waals surface area contributed by atoms with Gasteiger partial charge < -0.3 is 11.1 Å². The first-order valence-electron chi connectivity index (χ1n) is 9.98. The van der Waals surface area contributed by atoms with Crippen LogP contribution in [-0.4, -0.2) is 54.3 Å². The Labute approximate surface area is 169 Å². The van der Waals surface area contributed by atoms with Gasteiger partial charge in [-0.25, -0.2) is 0 Å². The molecule has 1 unspecified atom stereocenters. The van der Waals surface area contributed by atoms with Gasteiger partial charge in [0.1, 0.15) is 5.17 Å². The minimum atomic E-state index is 0.477. The Morgan fingerprint density at radius 1 is 1.44 bits per heavy atom. The number of aliphatic imine (C=N–C) groups is 1. The average molecular weight is 392 g/mol. The van der Waals surface area contributed by atoms with E-state index in [2.05, 4.69) is 34.0 Å². The summed E-state index contributed by atoms with van der Waals surface area (Å²) in [6, 6.07) is 4.36. The molecule has 1 aliphatic rings. The van der Waals surface area contributed by atoms with Gasteiger partial charge in [0, 0.05) is 55.4 Å². The SMILES string of the molecule is CN=C(Cl)/C(CN1CCCCC(NCCC(C)C)C1)=C(\N)c1cccnc1. The fraction of sp³-hybridized carbons (Fsp3) is 0.619. The summed E-state index contributed by atoms with van der Waals surface area (Å²) >= 11 is 6.44. The number of hydrogen-bond acceptors (Lipinski definition) is 5. The molecule has 5 nitrogen and oxygen atoms in total. The Hall–Kier alpha value is -1.43. The van der Waals surface area contributed by atoms with E-state index in [9.17, 15) is 0 Å². The van der Waals surface area contributed by atoms with Gasteiger partial charge in [-0.3, -0.25) is 14.9 Å². The van der Waals surface area contributed by atoms with Crippen molar-refractivity contribution in [2.75, 3.05) is 33.2 Å². The van der Waals surface area contributed by atoms with Crippen LogP contribution in [0.2, 0.25) is 0 Å². The van der Waals surface area contributed by atoms with Crippen molar-refractivity contribution in [3.05, 3.63) is 35.7 Å². The van der Waals surface area contributed by atoms with Crippen molar-refractivity contribution < 1.29 is 0 Å². The van der Waals surface area contributed by atoms with E-state index < -0.39 is 0 Å². The Morgan fingerprint density at radius 2 is 2.26 bits per heavy atom. The second-order valence-electron chi connectivity index (χ2n) is 7.71. The van der Waals surface area contributed by atoms with Crippen LogP contribution < -0.4 is 11.1 Å². The topological polar surface area (TPSA) is 66.5 Å². The molecule has 2 rings (SSSR count). The molecular formula is C21H34ClN5. The molecule has 1 aromatic rings. The van der Waals surface area contributed by atoms with E-state index in [4.69, 9.17) is 17.3 Å². The van der Waals surface area contributed by atoms with Gasteiger partial charge in [-0.15, -0.1) is 0 Å². The Bertz CT molecular complexity index is 627. The first-order valence-corrected chi connectivity index (χ1v) is 10.4. The lowest BCUT2D eigenvalue weighted by Crippen LogP contribution is -2.41. The highest BCUT2D eigenvalue weighted by Gasteiger charge is 2.21. The zero-order valence-corrected chi connectivity index (χ0v) is 17.7. The van der Waals surface area contributed by atoms with Crippen molar-refractivity contribution in [1.82, 2.24) is 15.2 Å². The number of halogens is 1. The van der Waals surface area contributed by atoms with Gasteiger partial charge in [0.2, 0.25) is 0 Å². The van der Waals surface area contributed by atoms with Gasteiger partial charge in [-0.05, 0) is 50.4 Å². The minimum Gasteiger partial charge on any atom is -0.398 e. The van der Waals surface area contributed by atoms with Crippen molar-refractivity contribution in [1.29, 1.82) is 0 Å². The first-order chi connectivity index (χ1) is 13.0. The van der Waals surface area contributed by atoms with E-state index in [-0.39, 0.29) is 0 Å². The zero-order valence-electron chi connectivity index (χ0n) is 16.9. The van der Waals surface area contributed by atoms with Crippen LogP contribution in [0, 0.1) is 5.92 Å². The zero-order chi connectivity index (χ0) is 19.6. The fourth-order valence-electron chi connectivity index (χ4n) is 3.42. The maximum absolute atomic E-state index is 6.45. The van der Waals surface area contributed by atoms with E-state index in [0.717, 1.165) is 36.7 Å². The summed E-state index contributed by atoms with van der Waals surface area (Å²) in [6.07, 6.45) is 8.40. The molecule has 150 valence electrons. The van der Waals surface area contributed by atoms with Crippen LogP contribution in [0.4, 0.5) is 0 Å². The Morgan fingerprint density at radius 3 is 2.93 bits per heavy atom. The monoisotopic (exact) mass is 391 g/mol. The van der Waals surface area contributed by atoms with Gasteiger partial charge in [0.25, 0.3) is 0 Å². The summed E-state index contributed by atoms with van der Waals surface area (Å²) in [6.45, 7) is 8.39. The van der Waals surface area contributed by atoms with Crippen LogP contribution in [-0.2, 0) is 0 Å². The highest BCUT2D eigenvalue weighted by molar-refractivity contribution is 6.70. The third-order valence-electron chi connectivity index (χ3n) is 5.03. The summed E-state index contributed by atoms with van der Waals surface area (Å²) < 4.78 is 0. The normalized spacial score (nSPS) is 20.5. The van der Waals surface area contributed by atoms with Crippen LogP contribution in [0.5, 0.6) is 0 Å². The number of likely N-dealkylation sites (tertiary alicyclic amines) is 1. The number of nitrogens with zero attached hydrogens (tertiary/aromatic N) is 3. The number of nitrogens with two attached hydrogens (primary N) is 1. The van der Waals surface area contributed by atoms with Crippen molar-refractivity contribution in [3.8, 4) is 0 Å². The maximum Gasteiger partial charge on any atom is 0.129 e. The van der Waals surface area contributed by atoms with E-state index in [1.807, 2.05) is 12.1 Å². The molecule has 27 heavy (non-hydrogen) atoms. The molecule has 0 radical (unpaired) electrons. The van der Waals surface area contributed by atoms with Crippen LogP contribution in [0.15, 0.2) is 35.1 Å². The Kier molecular flexibility index (Phi) is 9.25. The molecule has 0 saturated carbocycles. The molecule has 1 atom stereocenters. The lowest BCUT2D eigenvalue weighted by atomic mass is 10.1. The molecule has 0 aliphatic carbocycles. The molecule has 1 aromatic heterocycles. The second-order valence-corrected chi connectivity index (χ2v) is 8.07. The third kappa shape index (κ3) is 7.24. The number of rotatable bonds is 8. The molecule has 0 amide bonds. The largest absolute Gasteiger partial charge is 0.398 e. The number of aromatic nitrogens is 1. The predicted molar refractivity (Wildman–Crippen MR) is 116 cm³/mol. The quantitative estimate of drug-likeness (QED) is 0.665. The molecule has 1 aliphatic heterocycles. The highest BCUT2D eigenvalue weighted by Crippen LogP contribution is 2.19. The average Bonchev–Trinajstić information content (AvgIpc) is 2.90. The third-order valence-corrected chi connectivity index (χ3v) is 5.43. The summed E-state index contributed by atoms with van der Waals surface area (Å²) in [5.74, 6) is 0.729. The molecule has 0 spiro atoms. The smallest absolute Gasteiger partial charge is 0.129 e. The second kappa shape index (κ2) is 11.4. The summed E-state index contributed by atoms with van der Waals surface area (Å²) in [7, 11) is 1.71. The van der Waals surface area contributed by atoms with Crippen molar-refractivity contribution in [2.24, 2.45) is 16.6 Å². The number of hydrogen-bond donors (Lipinski definition) is 2.